The first-order valence-corrected chi connectivity index (χ1v) is 8.57. The lowest BCUT2D eigenvalue weighted by atomic mass is 9.76. The van der Waals surface area contributed by atoms with Crippen LogP contribution in [0.25, 0.3) is 0 Å². The third-order valence-electron chi connectivity index (χ3n) is 5.12. The number of rotatable bonds is 5. The number of aryl methyl sites for hydroxylation is 1. The minimum atomic E-state index is -0.950. The molecule has 0 fully saturated rings. The molecule has 0 spiro atoms. The quantitative estimate of drug-likeness (QED) is 0.885. The average molecular weight is 324 g/mol. The maximum Gasteiger partial charge on any atom is 0.224 e. The minimum Gasteiger partial charge on any atom is -0.385 e. The van der Waals surface area contributed by atoms with Gasteiger partial charge in [-0.05, 0) is 41.2 Å². The molecule has 0 bridgehead atoms. The molecule has 0 saturated carbocycles. The number of aliphatic hydroxyl groups is 1. The summed E-state index contributed by atoms with van der Waals surface area (Å²) in [5.74, 6) is 0.164. The van der Waals surface area contributed by atoms with Crippen LogP contribution in [0, 0.1) is 5.92 Å². The molecular weight excluding hydrogens is 300 g/mol. The van der Waals surface area contributed by atoms with Gasteiger partial charge in [0, 0.05) is 30.9 Å². The summed E-state index contributed by atoms with van der Waals surface area (Å²) in [6.45, 7) is 4.18. The zero-order valence-electron chi connectivity index (χ0n) is 14.2. The Kier molecular flexibility index (Phi) is 4.67. The highest BCUT2D eigenvalue weighted by Crippen LogP contribution is 2.37. The second kappa shape index (κ2) is 6.73. The normalized spacial score (nSPS) is 17.5. The fourth-order valence-electron chi connectivity index (χ4n) is 3.37. The molecule has 2 N–H and O–H groups in total. The van der Waals surface area contributed by atoms with Crippen molar-refractivity contribution in [3.63, 3.8) is 0 Å². The molecule has 4 nitrogen and oxygen atoms in total. The van der Waals surface area contributed by atoms with Crippen molar-refractivity contribution < 1.29 is 9.90 Å². The van der Waals surface area contributed by atoms with Gasteiger partial charge >= 0.3 is 0 Å². The molecule has 0 saturated heterocycles. The van der Waals surface area contributed by atoms with Gasteiger partial charge in [0.15, 0.2) is 0 Å². The number of benzene rings is 1. The average Bonchev–Trinajstić information content (AvgIpc) is 2.61. The number of hydrogen-bond donors (Lipinski definition) is 2. The van der Waals surface area contributed by atoms with Crippen molar-refractivity contribution >= 4 is 11.6 Å². The molecule has 2 heterocycles. The summed E-state index contributed by atoms with van der Waals surface area (Å²) in [6.07, 6.45) is 6.18. The zero-order valence-corrected chi connectivity index (χ0v) is 14.2. The summed E-state index contributed by atoms with van der Waals surface area (Å²) in [7, 11) is 0. The van der Waals surface area contributed by atoms with Gasteiger partial charge in [-0.15, -0.1) is 0 Å². The highest BCUT2D eigenvalue weighted by Gasteiger charge is 2.35. The van der Waals surface area contributed by atoms with Crippen molar-refractivity contribution in [2.75, 3.05) is 5.32 Å². The number of carbonyl (C=O) groups is 1. The molecule has 1 aromatic carbocycles. The van der Waals surface area contributed by atoms with Crippen LogP contribution in [0.4, 0.5) is 5.69 Å². The van der Waals surface area contributed by atoms with E-state index >= 15 is 0 Å². The molecule has 126 valence electrons. The summed E-state index contributed by atoms with van der Waals surface area (Å²) in [5, 5.41) is 14.4. The van der Waals surface area contributed by atoms with Crippen LogP contribution in [0.1, 0.15) is 43.4 Å². The number of fused-ring (bicyclic) bond motifs is 1. The van der Waals surface area contributed by atoms with Crippen molar-refractivity contribution in [2.24, 2.45) is 5.92 Å². The number of aromatic nitrogens is 1. The van der Waals surface area contributed by atoms with Crippen LogP contribution < -0.4 is 5.32 Å². The predicted molar refractivity (Wildman–Crippen MR) is 94.7 cm³/mol. The van der Waals surface area contributed by atoms with Gasteiger partial charge in [-0.2, -0.15) is 0 Å². The number of pyridine rings is 1. The highest BCUT2D eigenvalue weighted by atomic mass is 16.3. The topological polar surface area (TPSA) is 62.2 Å². The van der Waals surface area contributed by atoms with Crippen LogP contribution in [0.5, 0.6) is 0 Å². The van der Waals surface area contributed by atoms with E-state index in [9.17, 15) is 9.90 Å². The third kappa shape index (κ3) is 3.20. The van der Waals surface area contributed by atoms with Gasteiger partial charge in [-0.25, -0.2) is 0 Å². The lowest BCUT2D eigenvalue weighted by Gasteiger charge is -2.35. The molecule has 2 aromatic rings. The summed E-state index contributed by atoms with van der Waals surface area (Å²) in [4.78, 5) is 15.7. The van der Waals surface area contributed by atoms with Gasteiger partial charge in [0.05, 0.1) is 5.60 Å². The first-order chi connectivity index (χ1) is 11.5. The number of carbonyl (C=O) groups excluding carboxylic acids is 1. The molecule has 1 aromatic heterocycles. The molecule has 2 unspecified atom stereocenters. The fourth-order valence-corrected chi connectivity index (χ4v) is 3.37. The molecule has 24 heavy (non-hydrogen) atoms. The lowest BCUT2D eigenvalue weighted by Crippen LogP contribution is -2.36. The Morgan fingerprint density at radius 3 is 2.88 bits per heavy atom. The van der Waals surface area contributed by atoms with E-state index in [1.54, 1.807) is 6.20 Å². The van der Waals surface area contributed by atoms with E-state index in [0.29, 0.717) is 12.8 Å². The first-order valence-electron chi connectivity index (χ1n) is 8.57. The molecule has 1 aliphatic heterocycles. The van der Waals surface area contributed by atoms with E-state index in [2.05, 4.69) is 30.2 Å². The van der Waals surface area contributed by atoms with Crippen molar-refractivity contribution in [1.29, 1.82) is 0 Å². The van der Waals surface area contributed by atoms with Crippen LogP contribution in [0.3, 0.4) is 0 Å². The summed E-state index contributed by atoms with van der Waals surface area (Å²) in [5.41, 5.74) is 2.94. The largest absolute Gasteiger partial charge is 0.385 e. The number of nitrogens with zero attached hydrogens (tertiary/aromatic N) is 1. The van der Waals surface area contributed by atoms with Gasteiger partial charge in [0.25, 0.3) is 0 Å². The Bertz CT molecular complexity index is 730. The Balaban J connectivity index is 1.98. The lowest BCUT2D eigenvalue weighted by molar-refractivity contribution is -0.116. The zero-order chi connectivity index (χ0) is 17.2. The van der Waals surface area contributed by atoms with Gasteiger partial charge in [0.1, 0.15) is 0 Å². The fraction of sp³-hybridized carbons (Fsp3) is 0.400. The maximum absolute atomic E-state index is 11.5. The van der Waals surface area contributed by atoms with Gasteiger partial charge < -0.3 is 10.4 Å². The molecule has 4 heteroatoms. The monoisotopic (exact) mass is 324 g/mol. The van der Waals surface area contributed by atoms with Gasteiger partial charge in [-0.1, -0.05) is 38.5 Å². The van der Waals surface area contributed by atoms with E-state index in [0.717, 1.165) is 35.2 Å². The standard InChI is InChI=1S/C20H24N2O2/c1-3-14(2)20(24,12-15-5-4-10-21-13-15)17-7-8-18-16(11-17)6-9-19(23)22-18/h4-5,7-8,10-11,13-14,24H,3,6,9,12H2,1-2H3,(H,22,23). The van der Waals surface area contributed by atoms with Gasteiger partial charge in [-0.3, -0.25) is 9.78 Å². The summed E-state index contributed by atoms with van der Waals surface area (Å²) >= 11 is 0. The van der Waals surface area contributed by atoms with Crippen molar-refractivity contribution in [3.05, 3.63) is 59.4 Å². The van der Waals surface area contributed by atoms with E-state index in [1.165, 1.54) is 0 Å². The Hall–Kier alpha value is -2.20. The molecule has 0 radical (unpaired) electrons. The molecule has 1 amide bonds. The molecule has 2 atom stereocenters. The van der Waals surface area contributed by atoms with Crippen LogP contribution in [0.15, 0.2) is 42.7 Å². The summed E-state index contributed by atoms with van der Waals surface area (Å²) < 4.78 is 0. The maximum atomic E-state index is 11.5. The van der Waals surface area contributed by atoms with E-state index in [4.69, 9.17) is 0 Å². The van der Waals surface area contributed by atoms with Crippen LogP contribution in [-0.4, -0.2) is 16.0 Å². The molecule has 1 aliphatic rings. The smallest absolute Gasteiger partial charge is 0.224 e. The number of nitrogens with one attached hydrogen (secondary N) is 1. The molecule has 3 rings (SSSR count). The second-order valence-electron chi connectivity index (χ2n) is 6.69. The van der Waals surface area contributed by atoms with E-state index in [-0.39, 0.29) is 11.8 Å². The summed E-state index contributed by atoms with van der Waals surface area (Å²) in [6, 6.07) is 9.80. The van der Waals surface area contributed by atoms with Crippen molar-refractivity contribution in [3.8, 4) is 0 Å². The number of hydrogen-bond acceptors (Lipinski definition) is 3. The Morgan fingerprint density at radius 1 is 1.33 bits per heavy atom. The number of anilines is 1. The van der Waals surface area contributed by atoms with Crippen molar-refractivity contribution in [2.45, 2.75) is 45.1 Å². The SMILES string of the molecule is CCC(C)C(O)(Cc1cccnc1)c1ccc2c(c1)CCC(=O)N2. The van der Waals surface area contributed by atoms with E-state index < -0.39 is 5.60 Å². The van der Waals surface area contributed by atoms with Crippen LogP contribution >= 0.6 is 0 Å². The Morgan fingerprint density at radius 2 is 2.17 bits per heavy atom. The van der Waals surface area contributed by atoms with Crippen LogP contribution in [-0.2, 0) is 23.2 Å². The van der Waals surface area contributed by atoms with E-state index in [1.807, 2.05) is 30.5 Å². The third-order valence-corrected chi connectivity index (χ3v) is 5.12. The van der Waals surface area contributed by atoms with Gasteiger partial charge in [0.2, 0.25) is 5.91 Å². The second-order valence-corrected chi connectivity index (χ2v) is 6.69. The van der Waals surface area contributed by atoms with Crippen molar-refractivity contribution in [1.82, 2.24) is 4.98 Å². The number of amides is 1. The minimum absolute atomic E-state index is 0.0581. The Labute approximate surface area is 142 Å². The van der Waals surface area contributed by atoms with Crippen LogP contribution in [0.2, 0.25) is 0 Å². The predicted octanol–water partition coefficient (Wildman–Crippen LogP) is 3.44. The first kappa shape index (κ1) is 16.7. The molecule has 0 aliphatic carbocycles. The molecular formula is C20H24N2O2. The highest BCUT2D eigenvalue weighted by molar-refractivity contribution is 5.93.